The monoisotopic (exact) mass is 430 g/mol. The van der Waals surface area contributed by atoms with Crippen molar-refractivity contribution in [3.63, 3.8) is 0 Å². The van der Waals surface area contributed by atoms with Crippen LogP contribution in [0.3, 0.4) is 0 Å². The number of hydrogen-bond acceptors (Lipinski definition) is 4. The van der Waals surface area contributed by atoms with Gasteiger partial charge in [0.25, 0.3) is 0 Å². The molecule has 0 aliphatic carbocycles. The maximum Gasteiger partial charge on any atom is 0.220 e. The minimum atomic E-state index is -0.202. The lowest BCUT2D eigenvalue weighted by Gasteiger charge is -2.36. The van der Waals surface area contributed by atoms with E-state index in [0.29, 0.717) is 13.0 Å². The van der Waals surface area contributed by atoms with Crippen LogP contribution in [0.5, 0.6) is 0 Å². The van der Waals surface area contributed by atoms with E-state index in [1.165, 1.54) is 12.1 Å². The third-order valence-corrected chi connectivity index (χ3v) is 4.14. The Hall–Kier alpha value is -0.790. The highest BCUT2D eigenvalue weighted by Gasteiger charge is 2.17. The number of nitrogens with two attached hydrogens (primary N) is 1. The highest BCUT2D eigenvalue weighted by Crippen LogP contribution is 2.16. The quantitative estimate of drug-likeness (QED) is 0.696. The Morgan fingerprint density at radius 2 is 1.73 bits per heavy atom. The number of piperazine rings is 1. The molecule has 1 aliphatic heterocycles. The van der Waals surface area contributed by atoms with E-state index in [2.05, 4.69) is 15.1 Å². The maximum atomic E-state index is 13.0. The number of nitrogens with one attached hydrogen (secondary N) is 1. The van der Waals surface area contributed by atoms with E-state index in [4.69, 9.17) is 5.73 Å². The number of anilines is 1. The highest BCUT2D eigenvalue weighted by atomic mass is 35.5. The predicted molar refractivity (Wildman–Crippen MR) is 113 cm³/mol. The first-order valence-electron chi connectivity index (χ1n) is 8.30. The molecule has 2 rings (SSSR count). The molecule has 1 saturated heterocycles. The molecule has 0 spiro atoms. The molecule has 1 aliphatic rings. The first kappa shape index (κ1) is 27.4. The fraction of sp³-hybridized carbons (Fsp3) is 0.588. The van der Waals surface area contributed by atoms with Gasteiger partial charge in [0.15, 0.2) is 0 Å². The van der Waals surface area contributed by atoms with Gasteiger partial charge in [0.05, 0.1) is 0 Å². The normalized spacial score (nSPS) is 15.1. The van der Waals surface area contributed by atoms with Gasteiger partial charge in [-0.15, -0.1) is 37.2 Å². The summed E-state index contributed by atoms with van der Waals surface area (Å²) in [5, 5.41) is 2.94. The van der Waals surface area contributed by atoms with Crippen molar-refractivity contribution in [2.45, 2.75) is 25.8 Å². The summed E-state index contributed by atoms with van der Waals surface area (Å²) in [7, 11) is 0. The standard InChI is InChI=1S/C17H27FN4O.3ClH/c1-14(19)2-7-17(23)20-8-9-21-10-12-22(13-11-21)16-5-3-15(18)4-6-16;;;/h3-6,14H,2,7-13,19H2,1H3,(H,20,23);3*1H. The summed E-state index contributed by atoms with van der Waals surface area (Å²) in [6.07, 6.45) is 1.22. The average molecular weight is 432 g/mol. The molecular weight excluding hydrogens is 402 g/mol. The van der Waals surface area contributed by atoms with Crippen LogP contribution in [0.1, 0.15) is 19.8 Å². The fourth-order valence-corrected chi connectivity index (χ4v) is 2.68. The Bertz CT molecular complexity index is 497. The van der Waals surface area contributed by atoms with E-state index < -0.39 is 0 Å². The summed E-state index contributed by atoms with van der Waals surface area (Å²) < 4.78 is 13.0. The van der Waals surface area contributed by atoms with E-state index in [0.717, 1.165) is 44.8 Å². The molecule has 5 nitrogen and oxygen atoms in total. The molecule has 0 aromatic heterocycles. The molecule has 152 valence electrons. The molecule has 26 heavy (non-hydrogen) atoms. The molecule has 1 unspecified atom stereocenters. The van der Waals surface area contributed by atoms with Crippen LogP contribution < -0.4 is 16.0 Å². The zero-order chi connectivity index (χ0) is 16.7. The van der Waals surface area contributed by atoms with Crippen molar-refractivity contribution >= 4 is 48.8 Å². The fourth-order valence-electron chi connectivity index (χ4n) is 2.68. The van der Waals surface area contributed by atoms with Crippen molar-refractivity contribution in [1.29, 1.82) is 0 Å². The predicted octanol–water partition coefficient (Wildman–Crippen LogP) is 2.46. The van der Waals surface area contributed by atoms with E-state index in [9.17, 15) is 9.18 Å². The van der Waals surface area contributed by atoms with Crippen LogP contribution in [-0.2, 0) is 4.79 Å². The van der Waals surface area contributed by atoms with Gasteiger partial charge in [-0.1, -0.05) is 0 Å². The van der Waals surface area contributed by atoms with Crippen LogP contribution in [0.2, 0.25) is 0 Å². The molecule has 1 atom stereocenters. The van der Waals surface area contributed by atoms with Crippen LogP contribution in [-0.4, -0.2) is 56.1 Å². The van der Waals surface area contributed by atoms with E-state index in [1.807, 2.05) is 19.1 Å². The number of halogens is 4. The molecule has 0 saturated carbocycles. The molecule has 1 heterocycles. The maximum absolute atomic E-state index is 13.0. The number of carbonyl (C=O) groups excluding carboxylic acids is 1. The summed E-state index contributed by atoms with van der Waals surface area (Å²) in [4.78, 5) is 16.2. The zero-order valence-electron chi connectivity index (χ0n) is 15.0. The van der Waals surface area contributed by atoms with Crippen molar-refractivity contribution < 1.29 is 9.18 Å². The number of hydrogen-bond donors (Lipinski definition) is 2. The van der Waals surface area contributed by atoms with Gasteiger partial charge in [-0.2, -0.15) is 0 Å². The van der Waals surface area contributed by atoms with Crippen LogP contribution >= 0.6 is 37.2 Å². The van der Waals surface area contributed by atoms with E-state index in [-0.39, 0.29) is 55.0 Å². The lowest BCUT2D eigenvalue weighted by molar-refractivity contribution is -0.121. The highest BCUT2D eigenvalue weighted by molar-refractivity contribution is 5.86. The smallest absolute Gasteiger partial charge is 0.220 e. The Morgan fingerprint density at radius 1 is 1.15 bits per heavy atom. The largest absolute Gasteiger partial charge is 0.369 e. The summed E-state index contributed by atoms with van der Waals surface area (Å²) in [5.74, 6) is -0.126. The van der Waals surface area contributed by atoms with Gasteiger partial charge in [0.1, 0.15) is 5.82 Å². The minimum Gasteiger partial charge on any atom is -0.369 e. The summed E-state index contributed by atoms with van der Waals surface area (Å²) >= 11 is 0. The number of amides is 1. The zero-order valence-corrected chi connectivity index (χ0v) is 17.5. The van der Waals surface area contributed by atoms with Crippen LogP contribution in [0, 0.1) is 5.82 Å². The second-order valence-corrected chi connectivity index (χ2v) is 6.17. The molecule has 0 radical (unpaired) electrons. The SMILES string of the molecule is CC(N)CCC(=O)NCCN1CCN(c2ccc(F)cc2)CC1.Cl.Cl.Cl. The molecule has 1 amide bonds. The topological polar surface area (TPSA) is 61.6 Å². The molecule has 9 heteroatoms. The van der Waals surface area contributed by atoms with Gasteiger partial charge < -0.3 is 16.0 Å². The number of rotatable bonds is 7. The number of benzene rings is 1. The Balaban J connectivity index is 0. The van der Waals surface area contributed by atoms with E-state index in [1.54, 1.807) is 0 Å². The van der Waals surface area contributed by atoms with Gasteiger partial charge in [0.2, 0.25) is 5.91 Å². The summed E-state index contributed by atoms with van der Waals surface area (Å²) in [5.41, 5.74) is 6.71. The minimum absolute atomic E-state index is 0. The molecule has 0 bridgehead atoms. The third-order valence-electron chi connectivity index (χ3n) is 4.14. The van der Waals surface area contributed by atoms with Crippen LogP contribution in [0.15, 0.2) is 24.3 Å². The lowest BCUT2D eigenvalue weighted by atomic mass is 10.2. The molecule has 1 aromatic rings. The van der Waals surface area contributed by atoms with Gasteiger partial charge in [-0.25, -0.2) is 4.39 Å². The van der Waals surface area contributed by atoms with Crippen LogP contribution in [0.4, 0.5) is 10.1 Å². The Kier molecular flexibility index (Phi) is 15.1. The Morgan fingerprint density at radius 3 is 2.27 bits per heavy atom. The van der Waals surface area contributed by atoms with Crippen molar-refractivity contribution in [3.8, 4) is 0 Å². The van der Waals surface area contributed by atoms with Gasteiger partial charge in [-0.05, 0) is 37.6 Å². The van der Waals surface area contributed by atoms with Crippen molar-refractivity contribution in [3.05, 3.63) is 30.1 Å². The van der Waals surface area contributed by atoms with Gasteiger partial charge in [-0.3, -0.25) is 9.69 Å². The molecule has 1 fully saturated rings. The lowest BCUT2D eigenvalue weighted by Crippen LogP contribution is -2.48. The first-order valence-corrected chi connectivity index (χ1v) is 8.30. The molecular formula is C17H30Cl3FN4O. The second kappa shape index (κ2) is 14.3. The van der Waals surface area contributed by atoms with Crippen LogP contribution in [0.25, 0.3) is 0 Å². The van der Waals surface area contributed by atoms with Gasteiger partial charge >= 0.3 is 0 Å². The van der Waals surface area contributed by atoms with Crippen molar-refractivity contribution in [1.82, 2.24) is 10.2 Å². The number of carbonyl (C=O) groups is 1. The number of nitrogens with zero attached hydrogens (tertiary/aromatic N) is 2. The van der Waals surface area contributed by atoms with Crippen molar-refractivity contribution in [2.24, 2.45) is 5.73 Å². The molecule has 1 aromatic carbocycles. The Labute approximate surface area is 174 Å². The van der Waals surface area contributed by atoms with E-state index >= 15 is 0 Å². The summed E-state index contributed by atoms with van der Waals surface area (Å²) in [6.45, 7) is 7.19. The van der Waals surface area contributed by atoms with Crippen molar-refractivity contribution in [2.75, 3.05) is 44.2 Å². The third kappa shape index (κ3) is 9.78. The first-order chi connectivity index (χ1) is 11.0. The average Bonchev–Trinajstić information content (AvgIpc) is 2.54. The summed E-state index contributed by atoms with van der Waals surface area (Å²) in [6, 6.07) is 6.71. The molecule has 3 N–H and O–H groups in total. The van der Waals surface area contributed by atoms with Gasteiger partial charge in [0, 0.05) is 57.4 Å². The second-order valence-electron chi connectivity index (χ2n) is 6.17.